The summed E-state index contributed by atoms with van der Waals surface area (Å²) in [6.45, 7) is 3.40. The summed E-state index contributed by atoms with van der Waals surface area (Å²) in [5.41, 5.74) is 7.61. The molecule has 3 N–H and O–H groups in total. The minimum absolute atomic E-state index is 0.0392. The van der Waals surface area contributed by atoms with Gasteiger partial charge in [0.2, 0.25) is 10.0 Å². The van der Waals surface area contributed by atoms with Gasteiger partial charge in [0.15, 0.2) is 0 Å². The van der Waals surface area contributed by atoms with Crippen LogP contribution in [0.5, 0.6) is 0 Å². The van der Waals surface area contributed by atoms with Crippen molar-refractivity contribution in [2.24, 2.45) is 17.6 Å². The molecule has 1 aromatic rings. The van der Waals surface area contributed by atoms with Crippen LogP contribution in [0.1, 0.15) is 35.7 Å². The van der Waals surface area contributed by atoms with Gasteiger partial charge in [-0.2, -0.15) is 0 Å². The van der Waals surface area contributed by atoms with Crippen molar-refractivity contribution >= 4 is 15.9 Å². The molecular weight excluding hydrogens is 326 g/mol. The zero-order valence-electron chi connectivity index (χ0n) is 13.9. The van der Waals surface area contributed by atoms with Crippen molar-refractivity contribution in [3.8, 4) is 0 Å². The fraction of sp³-hybridized carbons (Fsp3) is 0.588. The van der Waals surface area contributed by atoms with Gasteiger partial charge in [-0.15, -0.1) is 0 Å². The number of hydrogen-bond donors (Lipinski definition) is 2. The van der Waals surface area contributed by atoms with Crippen molar-refractivity contribution in [3.63, 3.8) is 0 Å². The summed E-state index contributed by atoms with van der Waals surface area (Å²) >= 11 is 0. The van der Waals surface area contributed by atoms with Crippen molar-refractivity contribution in [2.75, 3.05) is 18.8 Å². The number of nitrogens with zero attached hydrogens (tertiary/aromatic N) is 1. The molecule has 7 heteroatoms. The van der Waals surface area contributed by atoms with Gasteiger partial charge in [-0.3, -0.25) is 4.79 Å². The van der Waals surface area contributed by atoms with Gasteiger partial charge in [0.25, 0.3) is 5.91 Å². The van der Waals surface area contributed by atoms with Gasteiger partial charge < -0.3 is 10.6 Å². The highest BCUT2D eigenvalue weighted by Crippen LogP contribution is 2.37. The van der Waals surface area contributed by atoms with Crippen LogP contribution in [0, 0.1) is 11.8 Å². The number of nitrogens with two attached hydrogens (primary N) is 1. The van der Waals surface area contributed by atoms with E-state index in [-0.39, 0.29) is 24.2 Å². The fourth-order valence-electron chi connectivity index (χ4n) is 3.72. The topological polar surface area (TPSA) is 92.5 Å². The highest BCUT2D eigenvalue weighted by atomic mass is 32.2. The molecule has 24 heavy (non-hydrogen) atoms. The predicted octanol–water partition coefficient (Wildman–Crippen LogP) is 0.935. The molecule has 3 unspecified atom stereocenters. The van der Waals surface area contributed by atoms with E-state index in [9.17, 15) is 13.2 Å². The van der Waals surface area contributed by atoms with E-state index in [2.05, 4.69) is 4.72 Å². The molecule has 3 rings (SSSR count). The Hall–Kier alpha value is -1.44. The Morgan fingerprint density at radius 3 is 2.58 bits per heavy atom. The number of hydrogen-bond acceptors (Lipinski definition) is 4. The van der Waals surface area contributed by atoms with Crippen LogP contribution in [0.3, 0.4) is 0 Å². The first-order valence-corrected chi connectivity index (χ1v) is 10.2. The first-order valence-electron chi connectivity index (χ1n) is 8.50. The van der Waals surface area contributed by atoms with E-state index >= 15 is 0 Å². The summed E-state index contributed by atoms with van der Waals surface area (Å²) in [5.74, 6) is 1.09. The Balaban J connectivity index is 1.60. The van der Waals surface area contributed by atoms with E-state index in [1.54, 1.807) is 31.2 Å². The first-order chi connectivity index (χ1) is 11.4. The van der Waals surface area contributed by atoms with Crippen LogP contribution in [-0.2, 0) is 16.6 Å². The average Bonchev–Trinajstić information content (AvgIpc) is 3.15. The van der Waals surface area contributed by atoms with Gasteiger partial charge in [-0.25, -0.2) is 13.1 Å². The third-order valence-electron chi connectivity index (χ3n) is 5.28. The number of rotatable bonds is 5. The van der Waals surface area contributed by atoms with Crippen LogP contribution >= 0.6 is 0 Å². The molecule has 6 nitrogen and oxygen atoms in total. The number of carbonyl (C=O) groups excluding carboxylic acids is 1. The fourth-order valence-corrected chi connectivity index (χ4v) is 4.31. The lowest BCUT2D eigenvalue weighted by molar-refractivity contribution is 0.0779. The maximum atomic E-state index is 12.6. The highest BCUT2D eigenvalue weighted by molar-refractivity contribution is 7.89. The van der Waals surface area contributed by atoms with Crippen LogP contribution in [0.25, 0.3) is 0 Å². The standard InChI is InChI=1S/C17H25N3O3S/c1-2-24(22,23)19-9-12-3-5-13(6-4-12)17(21)20-10-14-7-8-16(18)15(14)11-20/h3-6,14-16,19H,2,7-11,18H2,1H3. The van der Waals surface area contributed by atoms with Gasteiger partial charge in [0, 0.05) is 31.2 Å². The van der Waals surface area contributed by atoms with Gasteiger partial charge in [0.05, 0.1) is 5.75 Å². The first kappa shape index (κ1) is 17.4. The van der Waals surface area contributed by atoms with Crippen LogP contribution in [0.2, 0.25) is 0 Å². The second-order valence-electron chi connectivity index (χ2n) is 6.80. The molecule has 1 amide bonds. The molecule has 3 atom stereocenters. The Morgan fingerprint density at radius 1 is 1.25 bits per heavy atom. The minimum atomic E-state index is -3.21. The summed E-state index contributed by atoms with van der Waals surface area (Å²) in [4.78, 5) is 14.5. The maximum absolute atomic E-state index is 12.6. The van der Waals surface area contributed by atoms with Crippen LogP contribution in [0.15, 0.2) is 24.3 Å². The van der Waals surface area contributed by atoms with Crippen LogP contribution < -0.4 is 10.5 Å². The molecule has 2 fully saturated rings. The molecule has 132 valence electrons. The van der Waals surface area contributed by atoms with Crippen LogP contribution in [-0.4, -0.2) is 44.1 Å². The number of carbonyl (C=O) groups is 1. The molecular formula is C17H25N3O3S. The number of fused-ring (bicyclic) bond motifs is 1. The minimum Gasteiger partial charge on any atom is -0.338 e. The number of sulfonamides is 1. The molecule has 0 radical (unpaired) electrons. The average molecular weight is 351 g/mol. The highest BCUT2D eigenvalue weighted by Gasteiger charge is 2.42. The van der Waals surface area contributed by atoms with Crippen molar-refractivity contribution in [1.82, 2.24) is 9.62 Å². The zero-order valence-corrected chi connectivity index (χ0v) is 14.8. The largest absolute Gasteiger partial charge is 0.338 e. The summed E-state index contributed by atoms with van der Waals surface area (Å²) in [7, 11) is -3.21. The number of nitrogens with one attached hydrogen (secondary N) is 1. The molecule has 1 aromatic carbocycles. The SMILES string of the molecule is CCS(=O)(=O)NCc1ccc(C(=O)N2CC3CCC(N)C3C2)cc1. The lowest BCUT2D eigenvalue weighted by Gasteiger charge is -2.19. The third kappa shape index (κ3) is 3.63. The Bertz CT molecular complexity index is 702. The van der Waals surface area contributed by atoms with Crippen molar-refractivity contribution < 1.29 is 13.2 Å². The van der Waals surface area contributed by atoms with Crippen molar-refractivity contribution in [2.45, 2.75) is 32.4 Å². The quantitative estimate of drug-likeness (QED) is 0.825. The van der Waals surface area contributed by atoms with Gasteiger partial charge in [0.1, 0.15) is 0 Å². The molecule has 0 spiro atoms. The number of amides is 1. The molecule has 0 aromatic heterocycles. The van der Waals surface area contributed by atoms with Gasteiger partial charge in [-0.05, 0) is 49.3 Å². The normalized spacial score (nSPS) is 26.6. The summed E-state index contributed by atoms with van der Waals surface area (Å²) in [5, 5.41) is 0. The Labute approximate surface area is 143 Å². The Kier molecular flexibility index (Phi) is 4.94. The van der Waals surface area contributed by atoms with Crippen molar-refractivity contribution in [1.29, 1.82) is 0 Å². The molecule has 2 aliphatic rings. The lowest BCUT2D eigenvalue weighted by Crippen LogP contribution is -2.33. The zero-order chi connectivity index (χ0) is 17.3. The second-order valence-corrected chi connectivity index (χ2v) is 8.89. The Morgan fingerprint density at radius 2 is 1.96 bits per heavy atom. The summed E-state index contributed by atoms with van der Waals surface area (Å²) in [6.07, 6.45) is 2.19. The van der Waals surface area contributed by atoms with E-state index < -0.39 is 10.0 Å². The van der Waals surface area contributed by atoms with Crippen LogP contribution in [0.4, 0.5) is 0 Å². The summed E-state index contributed by atoms with van der Waals surface area (Å²) < 4.78 is 25.4. The molecule has 1 aliphatic carbocycles. The lowest BCUT2D eigenvalue weighted by atomic mass is 9.98. The van der Waals surface area contributed by atoms with E-state index in [0.717, 1.165) is 31.5 Å². The number of benzene rings is 1. The van der Waals surface area contributed by atoms with E-state index in [4.69, 9.17) is 5.73 Å². The molecule has 0 bridgehead atoms. The monoisotopic (exact) mass is 351 g/mol. The van der Waals surface area contributed by atoms with Gasteiger partial charge in [-0.1, -0.05) is 12.1 Å². The molecule has 1 aliphatic heterocycles. The van der Waals surface area contributed by atoms with E-state index in [1.807, 2.05) is 4.90 Å². The predicted molar refractivity (Wildman–Crippen MR) is 92.8 cm³/mol. The van der Waals surface area contributed by atoms with E-state index in [1.165, 1.54) is 0 Å². The molecule has 1 saturated carbocycles. The molecule has 1 heterocycles. The second kappa shape index (κ2) is 6.82. The maximum Gasteiger partial charge on any atom is 0.253 e. The van der Waals surface area contributed by atoms with E-state index in [0.29, 0.717) is 17.4 Å². The smallest absolute Gasteiger partial charge is 0.253 e. The van der Waals surface area contributed by atoms with Crippen molar-refractivity contribution in [3.05, 3.63) is 35.4 Å². The van der Waals surface area contributed by atoms with Gasteiger partial charge >= 0.3 is 0 Å². The summed E-state index contributed by atoms with van der Waals surface area (Å²) in [6, 6.07) is 7.36. The third-order valence-corrected chi connectivity index (χ3v) is 6.62. The molecule has 1 saturated heterocycles. The number of likely N-dealkylation sites (tertiary alicyclic amines) is 1.